The van der Waals surface area contributed by atoms with Crippen LogP contribution in [0.25, 0.3) is 10.9 Å². The molecule has 0 unspecified atom stereocenters. The quantitative estimate of drug-likeness (QED) is 0.209. The molecule has 50 heavy (non-hydrogen) atoms. The number of methoxy groups -OCH3 is 1. The summed E-state index contributed by atoms with van der Waals surface area (Å²) in [6, 6.07) is 12.0. The number of nitrogens with one attached hydrogen (secondary N) is 2. The fourth-order valence-corrected chi connectivity index (χ4v) is 7.97. The van der Waals surface area contributed by atoms with Crippen LogP contribution in [0.2, 0.25) is 0 Å². The minimum Gasteiger partial charge on any atom is -0.480 e. The zero-order valence-corrected chi connectivity index (χ0v) is 29.1. The second-order valence-electron chi connectivity index (χ2n) is 13.6. The Balaban J connectivity index is 1.15. The highest BCUT2D eigenvalue weighted by molar-refractivity contribution is 7.90. The van der Waals surface area contributed by atoms with Gasteiger partial charge in [0.1, 0.15) is 12.3 Å². The Morgan fingerprint density at radius 1 is 1.06 bits per heavy atom. The number of benzene rings is 2. The van der Waals surface area contributed by atoms with E-state index in [-0.39, 0.29) is 28.9 Å². The zero-order valence-electron chi connectivity index (χ0n) is 28.3. The summed E-state index contributed by atoms with van der Waals surface area (Å²) < 4.78 is 82.3. The van der Waals surface area contributed by atoms with Crippen LogP contribution in [-0.2, 0) is 30.7 Å². The van der Waals surface area contributed by atoms with Crippen LogP contribution in [0.15, 0.2) is 47.4 Å². The van der Waals surface area contributed by atoms with Crippen molar-refractivity contribution >= 4 is 38.1 Å². The Morgan fingerprint density at radius 2 is 1.80 bits per heavy atom. The molecule has 3 heterocycles. The van der Waals surface area contributed by atoms with Crippen LogP contribution in [0.3, 0.4) is 0 Å². The van der Waals surface area contributed by atoms with Crippen LogP contribution in [0.4, 0.5) is 24.5 Å². The summed E-state index contributed by atoms with van der Waals surface area (Å²) in [5, 5.41) is 7.32. The summed E-state index contributed by atoms with van der Waals surface area (Å²) in [5.74, 6) is 5.21. The van der Waals surface area contributed by atoms with Crippen molar-refractivity contribution in [3.05, 3.63) is 48.2 Å². The third kappa shape index (κ3) is 8.50. The number of carbonyl (C=O) groups excluding carboxylic acids is 1. The Hall–Kier alpha value is -3.93. The van der Waals surface area contributed by atoms with E-state index < -0.39 is 35.1 Å². The molecular formula is C36H43F3N4O6S. The highest BCUT2D eigenvalue weighted by atomic mass is 32.2. The first-order valence-electron chi connectivity index (χ1n) is 16.9. The number of aromatic nitrogens is 1. The third-order valence-electron chi connectivity index (χ3n) is 10.0. The van der Waals surface area contributed by atoms with Crippen molar-refractivity contribution in [2.24, 2.45) is 5.41 Å². The first-order chi connectivity index (χ1) is 23.8. The number of alkyl halides is 3. The number of nitrogens with zero attached hydrogens (tertiary/aromatic N) is 2. The topological polar surface area (TPSA) is 111 Å². The number of hydrogen-bond acceptors (Lipinski definition) is 9. The summed E-state index contributed by atoms with van der Waals surface area (Å²) in [5.41, 5.74) is 2.24. The second-order valence-corrected chi connectivity index (χ2v) is 15.6. The molecule has 0 atom stereocenters. The number of hydrogen-bond donors (Lipinski definition) is 2. The van der Waals surface area contributed by atoms with Crippen molar-refractivity contribution in [2.75, 3.05) is 63.5 Å². The van der Waals surface area contributed by atoms with E-state index in [0.29, 0.717) is 28.0 Å². The number of likely N-dealkylation sites (tertiary alicyclic amines) is 1. The van der Waals surface area contributed by atoms with Gasteiger partial charge in [-0.2, -0.15) is 13.2 Å². The van der Waals surface area contributed by atoms with Gasteiger partial charge in [0.15, 0.2) is 16.4 Å². The maximum atomic E-state index is 13.8. The molecule has 3 aliphatic rings. The van der Waals surface area contributed by atoms with Crippen molar-refractivity contribution in [3.8, 4) is 17.6 Å². The molecular weight excluding hydrogens is 673 g/mol. The minimum atomic E-state index is -4.46. The van der Waals surface area contributed by atoms with Crippen LogP contribution in [0.5, 0.6) is 5.75 Å². The monoisotopic (exact) mass is 716 g/mol. The predicted octanol–water partition coefficient (Wildman–Crippen LogP) is 5.46. The van der Waals surface area contributed by atoms with E-state index in [0.717, 1.165) is 76.8 Å². The van der Waals surface area contributed by atoms with Gasteiger partial charge in [0.2, 0.25) is 0 Å². The normalized spacial score (nSPS) is 20.8. The van der Waals surface area contributed by atoms with Crippen LogP contribution in [-0.4, -0.2) is 94.9 Å². The van der Waals surface area contributed by atoms with Crippen molar-refractivity contribution in [3.63, 3.8) is 0 Å². The standard InChI is InChI=1S/C36H43F3N4O6S/c1-47-34(44)21-49-33-20-28(50(2,45)46)12-13-31(33)40-16-4-5-27-19-29-30(6-3-7-32(29)43(27)24-36(37,38)39)41-25-8-10-26(11-9-25)42-22-35(23-42)14-17-48-18-15-35/h3,6-7,12-13,19-20,25-26,40-41H,8-11,14-18,21-24H2,1-2H3/t25-,26+. The molecule has 6 rings (SSSR count). The van der Waals surface area contributed by atoms with E-state index in [1.54, 1.807) is 18.2 Å². The SMILES string of the molecule is COC(=O)COc1cc(S(C)(=O)=O)ccc1NCC#Cc1cc2c(N[C@H]3CC[C@@H](N4CC5(CCOCC5)C4)CC3)cccc2n1CC(F)(F)F. The largest absolute Gasteiger partial charge is 0.480 e. The Kier molecular flexibility index (Phi) is 10.6. The Labute approximate surface area is 290 Å². The van der Waals surface area contributed by atoms with Crippen LogP contribution < -0.4 is 15.4 Å². The average Bonchev–Trinajstić information content (AvgIpc) is 3.41. The van der Waals surface area contributed by atoms with Crippen LogP contribution in [0.1, 0.15) is 44.2 Å². The lowest BCUT2D eigenvalue weighted by molar-refractivity contribution is -0.143. The first-order valence-corrected chi connectivity index (χ1v) is 18.8. The molecule has 2 aliphatic heterocycles. The zero-order chi connectivity index (χ0) is 35.5. The molecule has 1 aliphatic carbocycles. The predicted molar refractivity (Wildman–Crippen MR) is 184 cm³/mol. The Morgan fingerprint density at radius 3 is 2.48 bits per heavy atom. The number of carbonyl (C=O) groups is 1. The van der Waals surface area contributed by atoms with Gasteiger partial charge in [-0.15, -0.1) is 0 Å². The molecule has 1 saturated carbocycles. The molecule has 3 fully saturated rings. The summed E-state index contributed by atoms with van der Waals surface area (Å²) in [6.45, 7) is 2.41. The van der Waals surface area contributed by atoms with Gasteiger partial charge in [-0.25, -0.2) is 13.2 Å². The first kappa shape index (κ1) is 35.9. The van der Waals surface area contributed by atoms with Crippen LogP contribution >= 0.6 is 0 Å². The fraction of sp³-hybridized carbons (Fsp3) is 0.528. The highest BCUT2D eigenvalue weighted by Crippen LogP contribution is 2.43. The lowest BCUT2D eigenvalue weighted by Gasteiger charge is -2.56. The highest BCUT2D eigenvalue weighted by Gasteiger charge is 2.46. The lowest BCUT2D eigenvalue weighted by Crippen LogP contribution is -2.62. The van der Waals surface area contributed by atoms with E-state index in [9.17, 15) is 26.4 Å². The molecule has 0 amide bonds. The van der Waals surface area contributed by atoms with Gasteiger partial charge in [0.25, 0.3) is 0 Å². The second kappa shape index (κ2) is 14.7. The van der Waals surface area contributed by atoms with Gasteiger partial charge in [0.05, 0.1) is 35.4 Å². The van der Waals surface area contributed by atoms with Gasteiger partial charge < -0.3 is 29.4 Å². The molecule has 1 spiro atoms. The molecule has 10 nitrogen and oxygen atoms in total. The van der Waals surface area contributed by atoms with E-state index in [1.807, 2.05) is 6.07 Å². The van der Waals surface area contributed by atoms with Crippen molar-refractivity contribution in [2.45, 2.75) is 68.2 Å². The fourth-order valence-electron chi connectivity index (χ4n) is 7.33. The van der Waals surface area contributed by atoms with E-state index in [2.05, 4.69) is 32.1 Å². The summed E-state index contributed by atoms with van der Waals surface area (Å²) in [4.78, 5) is 14.2. The number of esters is 1. The van der Waals surface area contributed by atoms with Gasteiger partial charge in [-0.3, -0.25) is 4.90 Å². The van der Waals surface area contributed by atoms with Gasteiger partial charge in [-0.05, 0) is 74.8 Å². The lowest BCUT2D eigenvalue weighted by atomic mass is 9.71. The maximum Gasteiger partial charge on any atom is 0.406 e. The number of sulfone groups is 1. The smallest absolute Gasteiger partial charge is 0.406 e. The molecule has 1 aromatic heterocycles. The number of ether oxygens (including phenoxy) is 3. The van der Waals surface area contributed by atoms with Gasteiger partial charge >= 0.3 is 12.1 Å². The summed E-state index contributed by atoms with van der Waals surface area (Å²) in [7, 11) is -2.36. The Bertz CT molecular complexity index is 1860. The molecule has 2 aromatic carbocycles. The van der Waals surface area contributed by atoms with E-state index in [4.69, 9.17) is 9.47 Å². The molecule has 3 aromatic rings. The van der Waals surface area contributed by atoms with Crippen molar-refractivity contribution < 1.29 is 40.6 Å². The van der Waals surface area contributed by atoms with E-state index in [1.165, 1.54) is 29.9 Å². The maximum absolute atomic E-state index is 13.8. The average molecular weight is 717 g/mol. The number of halogens is 3. The molecule has 2 saturated heterocycles. The third-order valence-corrected chi connectivity index (χ3v) is 11.1. The molecule has 0 bridgehead atoms. The van der Waals surface area contributed by atoms with E-state index >= 15 is 0 Å². The molecule has 270 valence electrons. The number of fused-ring (bicyclic) bond motifs is 1. The van der Waals surface area contributed by atoms with Crippen LogP contribution in [0, 0.1) is 17.3 Å². The van der Waals surface area contributed by atoms with Gasteiger partial charge in [0, 0.05) is 67.2 Å². The number of rotatable bonds is 10. The van der Waals surface area contributed by atoms with Crippen molar-refractivity contribution in [1.29, 1.82) is 0 Å². The summed E-state index contributed by atoms with van der Waals surface area (Å²) >= 11 is 0. The molecule has 2 N–H and O–H groups in total. The number of anilines is 2. The van der Waals surface area contributed by atoms with Gasteiger partial charge in [-0.1, -0.05) is 12.0 Å². The summed E-state index contributed by atoms with van der Waals surface area (Å²) in [6.07, 6.45) is 3.05. The molecule has 14 heteroatoms. The molecule has 0 radical (unpaired) electrons. The minimum absolute atomic E-state index is 0.000608. The van der Waals surface area contributed by atoms with Crippen molar-refractivity contribution in [1.82, 2.24) is 9.47 Å².